The van der Waals surface area contributed by atoms with Crippen LogP contribution in [0, 0.1) is 0 Å². The first-order valence-electron chi connectivity index (χ1n) is 8.37. The monoisotopic (exact) mass is 270 g/mol. The minimum absolute atomic E-state index is 0.490. The molecule has 1 rings (SSSR count). The predicted molar refractivity (Wildman–Crippen MR) is 82.4 cm³/mol. The molecular formula is C16H34N2O. The second-order valence-corrected chi connectivity index (χ2v) is 5.78. The third kappa shape index (κ3) is 6.73. The third-order valence-corrected chi connectivity index (χ3v) is 4.31. The van der Waals surface area contributed by atoms with Gasteiger partial charge in [-0.3, -0.25) is 4.90 Å². The quantitative estimate of drug-likeness (QED) is 0.620. The molecule has 0 radical (unpaired) electrons. The van der Waals surface area contributed by atoms with Crippen molar-refractivity contribution in [1.29, 1.82) is 0 Å². The Hall–Kier alpha value is -0.120. The van der Waals surface area contributed by atoms with Crippen LogP contribution in [0.25, 0.3) is 0 Å². The van der Waals surface area contributed by atoms with Gasteiger partial charge in [-0.1, -0.05) is 39.0 Å². The normalized spacial score (nSPS) is 19.7. The van der Waals surface area contributed by atoms with E-state index in [0.717, 1.165) is 13.2 Å². The highest BCUT2D eigenvalue weighted by atomic mass is 16.5. The molecule has 0 aromatic heterocycles. The first kappa shape index (κ1) is 16.9. The van der Waals surface area contributed by atoms with Crippen molar-refractivity contribution in [3.63, 3.8) is 0 Å². The number of hydrogen-bond acceptors (Lipinski definition) is 3. The summed E-state index contributed by atoms with van der Waals surface area (Å²) in [5, 5.41) is 0. The predicted octanol–water partition coefficient (Wildman–Crippen LogP) is 3.18. The van der Waals surface area contributed by atoms with Crippen LogP contribution in [0.3, 0.4) is 0 Å². The maximum Gasteiger partial charge on any atom is 0.0599 e. The van der Waals surface area contributed by atoms with Crippen molar-refractivity contribution >= 4 is 0 Å². The minimum Gasteiger partial charge on any atom is -0.378 e. The van der Waals surface area contributed by atoms with Gasteiger partial charge in [0.1, 0.15) is 0 Å². The summed E-state index contributed by atoms with van der Waals surface area (Å²) in [5.41, 5.74) is 5.96. The van der Waals surface area contributed by atoms with Crippen molar-refractivity contribution < 1.29 is 4.74 Å². The molecule has 0 aromatic rings. The molecule has 1 heterocycles. The van der Waals surface area contributed by atoms with Crippen molar-refractivity contribution in [3.8, 4) is 0 Å². The van der Waals surface area contributed by atoms with E-state index in [1.54, 1.807) is 0 Å². The van der Waals surface area contributed by atoms with E-state index in [1.165, 1.54) is 64.5 Å². The highest BCUT2D eigenvalue weighted by Crippen LogP contribution is 2.18. The summed E-state index contributed by atoms with van der Waals surface area (Å²) in [6.45, 7) is 8.36. The van der Waals surface area contributed by atoms with Gasteiger partial charge in [0.25, 0.3) is 0 Å². The average Bonchev–Trinajstić information content (AvgIpc) is 2.44. The second-order valence-electron chi connectivity index (χ2n) is 5.78. The highest BCUT2D eigenvalue weighted by Gasteiger charge is 2.24. The summed E-state index contributed by atoms with van der Waals surface area (Å²) in [6.07, 6.45) is 10.9. The minimum atomic E-state index is 0.490. The van der Waals surface area contributed by atoms with Gasteiger partial charge in [-0.15, -0.1) is 0 Å². The van der Waals surface area contributed by atoms with Crippen LogP contribution in [0.5, 0.6) is 0 Å². The van der Waals surface area contributed by atoms with E-state index in [4.69, 9.17) is 10.5 Å². The van der Waals surface area contributed by atoms with Gasteiger partial charge in [-0.25, -0.2) is 0 Å². The summed E-state index contributed by atoms with van der Waals surface area (Å²) < 4.78 is 5.71. The van der Waals surface area contributed by atoms with Crippen LogP contribution in [0.4, 0.5) is 0 Å². The van der Waals surface area contributed by atoms with Crippen molar-refractivity contribution in [3.05, 3.63) is 0 Å². The third-order valence-electron chi connectivity index (χ3n) is 4.31. The molecule has 2 N–H and O–H groups in total. The van der Waals surface area contributed by atoms with Gasteiger partial charge in [-0.05, 0) is 26.2 Å². The van der Waals surface area contributed by atoms with E-state index in [0.29, 0.717) is 12.1 Å². The fraction of sp³-hybridized carbons (Fsp3) is 1.00. The summed E-state index contributed by atoms with van der Waals surface area (Å²) in [6, 6.07) is 0.601. The number of nitrogens with zero attached hydrogens (tertiary/aromatic N) is 1. The number of rotatable bonds is 10. The van der Waals surface area contributed by atoms with E-state index in [-0.39, 0.29) is 0 Å². The van der Waals surface area contributed by atoms with Gasteiger partial charge in [0.2, 0.25) is 0 Å². The van der Waals surface area contributed by atoms with E-state index >= 15 is 0 Å². The molecule has 1 unspecified atom stereocenters. The van der Waals surface area contributed by atoms with Crippen LogP contribution < -0.4 is 5.73 Å². The van der Waals surface area contributed by atoms with E-state index < -0.39 is 0 Å². The Labute approximate surface area is 119 Å². The number of nitrogens with two attached hydrogens (primary N) is 1. The van der Waals surface area contributed by atoms with Crippen LogP contribution in [0.1, 0.15) is 65.2 Å². The fourth-order valence-electron chi connectivity index (χ4n) is 3.08. The zero-order chi connectivity index (χ0) is 13.9. The zero-order valence-electron chi connectivity index (χ0n) is 13.1. The SMILES string of the molecule is CCCCCCCC(CN)N1CCC(OCC)CC1. The molecule has 3 nitrogen and oxygen atoms in total. The average molecular weight is 270 g/mol. The summed E-state index contributed by atoms with van der Waals surface area (Å²) >= 11 is 0. The van der Waals surface area contributed by atoms with Crippen LogP contribution in [-0.2, 0) is 4.74 Å². The number of hydrogen-bond donors (Lipinski definition) is 1. The molecule has 1 aliphatic rings. The van der Waals surface area contributed by atoms with Crippen molar-refractivity contribution in [2.24, 2.45) is 5.73 Å². The topological polar surface area (TPSA) is 38.5 Å². The lowest BCUT2D eigenvalue weighted by molar-refractivity contribution is 0.00371. The second kappa shape index (κ2) is 10.6. The van der Waals surface area contributed by atoms with E-state index in [9.17, 15) is 0 Å². The Kier molecular flexibility index (Phi) is 9.48. The molecule has 19 heavy (non-hydrogen) atoms. The van der Waals surface area contributed by atoms with Gasteiger partial charge in [0.15, 0.2) is 0 Å². The number of likely N-dealkylation sites (tertiary alicyclic amines) is 1. The van der Waals surface area contributed by atoms with Crippen LogP contribution >= 0.6 is 0 Å². The molecule has 1 atom stereocenters. The molecule has 0 aromatic carbocycles. The highest BCUT2D eigenvalue weighted by molar-refractivity contribution is 4.79. The molecule has 114 valence electrons. The maximum atomic E-state index is 5.96. The Morgan fingerprint density at radius 2 is 1.79 bits per heavy atom. The Bertz CT molecular complexity index is 203. The van der Waals surface area contributed by atoms with Gasteiger partial charge in [-0.2, -0.15) is 0 Å². The lowest BCUT2D eigenvalue weighted by Gasteiger charge is -2.37. The number of piperidine rings is 1. The molecule has 1 aliphatic heterocycles. The summed E-state index contributed by atoms with van der Waals surface area (Å²) in [4.78, 5) is 2.59. The van der Waals surface area contributed by atoms with Gasteiger partial charge in [0, 0.05) is 32.3 Å². The zero-order valence-corrected chi connectivity index (χ0v) is 13.1. The molecule has 3 heteroatoms. The lowest BCUT2D eigenvalue weighted by Crippen LogP contribution is -2.46. The fourth-order valence-corrected chi connectivity index (χ4v) is 3.08. The van der Waals surface area contributed by atoms with E-state index in [2.05, 4.69) is 18.7 Å². The van der Waals surface area contributed by atoms with Gasteiger partial charge >= 0.3 is 0 Å². The number of ether oxygens (including phenoxy) is 1. The molecule has 1 saturated heterocycles. The molecule has 0 saturated carbocycles. The van der Waals surface area contributed by atoms with Crippen LogP contribution in [0.15, 0.2) is 0 Å². The summed E-state index contributed by atoms with van der Waals surface area (Å²) in [5.74, 6) is 0. The standard InChI is InChI=1S/C16H34N2O/c1-3-5-6-7-8-9-15(14-17)18-12-10-16(11-13-18)19-4-2/h15-16H,3-14,17H2,1-2H3. The van der Waals surface area contributed by atoms with Gasteiger partial charge in [0.05, 0.1) is 6.10 Å². The first-order chi connectivity index (χ1) is 9.31. The van der Waals surface area contributed by atoms with Crippen LogP contribution in [-0.4, -0.2) is 43.3 Å². The molecule has 0 amide bonds. The molecular weight excluding hydrogens is 236 g/mol. The molecule has 1 fully saturated rings. The van der Waals surface area contributed by atoms with Crippen LogP contribution in [0.2, 0.25) is 0 Å². The lowest BCUT2D eigenvalue weighted by atomic mass is 10.0. The van der Waals surface area contributed by atoms with Crippen molar-refractivity contribution in [2.75, 3.05) is 26.2 Å². The molecule has 0 bridgehead atoms. The maximum absolute atomic E-state index is 5.96. The molecule has 0 aliphatic carbocycles. The van der Waals surface area contributed by atoms with Crippen molar-refractivity contribution in [1.82, 2.24) is 4.90 Å². The number of unbranched alkanes of at least 4 members (excludes halogenated alkanes) is 4. The smallest absolute Gasteiger partial charge is 0.0599 e. The Balaban J connectivity index is 2.16. The molecule has 0 spiro atoms. The first-order valence-corrected chi connectivity index (χ1v) is 8.37. The Morgan fingerprint density at radius 1 is 1.11 bits per heavy atom. The van der Waals surface area contributed by atoms with E-state index in [1.807, 2.05) is 0 Å². The largest absolute Gasteiger partial charge is 0.378 e. The van der Waals surface area contributed by atoms with Crippen molar-refractivity contribution in [2.45, 2.75) is 77.4 Å². The summed E-state index contributed by atoms with van der Waals surface area (Å²) in [7, 11) is 0. The Morgan fingerprint density at radius 3 is 2.37 bits per heavy atom. The van der Waals surface area contributed by atoms with Gasteiger partial charge < -0.3 is 10.5 Å².